The number of ether oxygens (including phenoxy) is 1. The third-order valence-corrected chi connectivity index (χ3v) is 2.27. The first kappa shape index (κ1) is 12.5. The van der Waals surface area contributed by atoms with Gasteiger partial charge >= 0.3 is 5.97 Å². The van der Waals surface area contributed by atoms with E-state index in [2.05, 4.69) is 0 Å². The number of carbonyl (C=O) groups excluding carboxylic acids is 1. The maximum atomic E-state index is 11.3. The topological polar surface area (TPSA) is 53.2 Å². The molecule has 0 aromatic carbocycles. The molecule has 88 valence electrons. The van der Waals surface area contributed by atoms with E-state index in [0.717, 1.165) is 23.3 Å². The molecule has 0 bridgehead atoms. The lowest BCUT2D eigenvalue weighted by atomic mass is 10.1. The van der Waals surface area contributed by atoms with Crippen LogP contribution in [0.5, 0.6) is 0 Å². The zero-order valence-corrected chi connectivity index (χ0v) is 9.52. The van der Waals surface area contributed by atoms with Gasteiger partial charge in [-0.25, -0.2) is 0 Å². The van der Waals surface area contributed by atoms with Gasteiger partial charge in [0.05, 0.1) is 6.61 Å². The lowest BCUT2D eigenvalue weighted by Crippen LogP contribution is -2.30. The van der Waals surface area contributed by atoms with Gasteiger partial charge in [0.2, 0.25) is 0 Å². The molecule has 4 heteroatoms. The summed E-state index contributed by atoms with van der Waals surface area (Å²) in [5.74, 6) is -0.162. The number of hydrogen-bond acceptors (Lipinski definition) is 3. The molecule has 0 N–H and O–H groups in total. The Morgan fingerprint density at radius 3 is 2.94 bits per heavy atom. The fraction of sp³-hybridized carbons (Fsp3) is 0.500. The number of unbranched alkanes of at least 4 members (excludes halogenated alkanes) is 1. The van der Waals surface area contributed by atoms with Crippen LogP contribution in [0.4, 0.5) is 0 Å². The molecular weight excluding hydrogens is 206 g/mol. The number of pyridine rings is 1. The number of rotatable bonds is 6. The third-order valence-electron chi connectivity index (χ3n) is 2.27. The Balaban J connectivity index is 2.21. The quantitative estimate of drug-likeness (QED) is 0.318. The summed E-state index contributed by atoms with van der Waals surface area (Å²) in [6, 6.07) is 5.35. The van der Waals surface area contributed by atoms with Crippen LogP contribution in [0.25, 0.3) is 0 Å². The Morgan fingerprint density at radius 2 is 2.25 bits per heavy atom. The van der Waals surface area contributed by atoms with Crippen LogP contribution in [-0.2, 0) is 16.0 Å². The number of hydrogen-bond donors (Lipinski definition) is 0. The Bertz CT molecular complexity index is 339. The Morgan fingerprint density at radius 1 is 1.44 bits per heavy atom. The van der Waals surface area contributed by atoms with Gasteiger partial charge in [-0.2, -0.15) is 4.73 Å². The second kappa shape index (κ2) is 6.82. The van der Waals surface area contributed by atoms with Gasteiger partial charge < -0.3 is 9.94 Å². The molecule has 16 heavy (non-hydrogen) atoms. The first-order valence-corrected chi connectivity index (χ1v) is 5.56. The molecule has 4 nitrogen and oxygen atoms in total. The molecule has 0 aliphatic carbocycles. The van der Waals surface area contributed by atoms with Gasteiger partial charge in [-0.15, -0.1) is 0 Å². The van der Waals surface area contributed by atoms with Crippen LogP contribution in [0.2, 0.25) is 0 Å². The van der Waals surface area contributed by atoms with Crippen molar-refractivity contribution in [3.8, 4) is 0 Å². The van der Waals surface area contributed by atoms with Crippen LogP contribution in [0.1, 0.15) is 31.9 Å². The summed E-state index contributed by atoms with van der Waals surface area (Å²) in [5.41, 5.74) is 0.742. The largest absolute Gasteiger partial charge is 0.619 e. The van der Waals surface area contributed by atoms with E-state index < -0.39 is 0 Å². The maximum Gasteiger partial charge on any atom is 0.305 e. The number of aryl methyl sites for hydroxylation is 1. The normalized spacial score (nSPS) is 10.1. The zero-order chi connectivity index (χ0) is 11.8. The Hall–Kier alpha value is -1.58. The smallest absolute Gasteiger partial charge is 0.305 e. The monoisotopic (exact) mass is 223 g/mol. The maximum absolute atomic E-state index is 11.3. The molecule has 0 fully saturated rings. The van der Waals surface area contributed by atoms with E-state index in [1.54, 1.807) is 19.1 Å². The summed E-state index contributed by atoms with van der Waals surface area (Å²) in [7, 11) is 0. The van der Waals surface area contributed by atoms with Crippen molar-refractivity contribution in [1.82, 2.24) is 0 Å². The SMILES string of the molecule is CCOC(=O)CCCCc1cccc[n+]1[O-]. The molecule has 0 radical (unpaired) electrons. The van der Waals surface area contributed by atoms with Crippen molar-refractivity contribution in [1.29, 1.82) is 0 Å². The van der Waals surface area contributed by atoms with Gasteiger partial charge in [-0.05, 0) is 19.8 Å². The van der Waals surface area contributed by atoms with Gasteiger partial charge in [0.1, 0.15) is 0 Å². The number of esters is 1. The van der Waals surface area contributed by atoms with E-state index in [9.17, 15) is 10.0 Å². The highest BCUT2D eigenvalue weighted by atomic mass is 16.5. The average Bonchev–Trinajstić information content (AvgIpc) is 2.27. The second-order valence-corrected chi connectivity index (χ2v) is 3.53. The molecule has 1 heterocycles. The lowest BCUT2D eigenvalue weighted by molar-refractivity contribution is -0.614. The molecule has 0 saturated heterocycles. The van der Waals surface area contributed by atoms with Crippen molar-refractivity contribution < 1.29 is 14.3 Å². The standard InChI is InChI=1S/C12H17NO3/c1-2-16-12(14)9-4-3-7-11-8-5-6-10-13(11)15/h5-6,8,10H,2-4,7,9H2,1H3. The van der Waals surface area contributed by atoms with Crippen LogP contribution >= 0.6 is 0 Å². The van der Waals surface area contributed by atoms with Gasteiger partial charge in [-0.1, -0.05) is 6.07 Å². The van der Waals surface area contributed by atoms with E-state index in [0.29, 0.717) is 19.4 Å². The molecule has 1 aromatic rings. The molecular formula is C12H17NO3. The highest BCUT2D eigenvalue weighted by molar-refractivity contribution is 5.69. The van der Waals surface area contributed by atoms with Crippen LogP contribution in [0.15, 0.2) is 24.4 Å². The van der Waals surface area contributed by atoms with Crippen molar-refractivity contribution in [3.05, 3.63) is 35.3 Å². The fourth-order valence-corrected chi connectivity index (χ4v) is 1.47. The van der Waals surface area contributed by atoms with Crippen LogP contribution in [-0.4, -0.2) is 12.6 Å². The molecule has 1 rings (SSSR count). The number of aromatic nitrogens is 1. The predicted molar refractivity (Wildman–Crippen MR) is 59.6 cm³/mol. The van der Waals surface area contributed by atoms with Crippen molar-refractivity contribution in [2.24, 2.45) is 0 Å². The van der Waals surface area contributed by atoms with Gasteiger partial charge in [0, 0.05) is 25.0 Å². The minimum Gasteiger partial charge on any atom is -0.619 e. The summed E-state index contributed by atoms with van der Waals surface area (Å²) < 4.78 is 5.68. The molecule has 0 spiro atoms. The molecule has 0 unspecified atom stereocenters. The van der Waals surface area contributed by atoms with E-state index in [1.807, 2.05) is 6.07 Å². The van der Waals surface area contributed by atoms with E-state index in [-0.39, 0.29) is 5.97 Å². The summed E-state index contributed by atoms with van der Waals surface area (Å²) in [5, 5.41) is 11.3. The van der Waals surface area contributed by atoms with Crippen molar-refractivity contribution in [3.63, 3.8) is 0 Å². The first-order chi connectivity index (χ1) is 7.74. The number of carbonyl (C=O) groups is 1. The fourth-order valence-electron chi connectivity index (χ4n) is 1.47. The Kier molecular flexibility index (Phi) is 5.32. The Labute approximate surface area is 95.4 Å². The highest BCUT2D eigenvalue weighted by Crippen LogP contribution is 2.03. The molecule has 0 saturated carbocycles. The van der Waals surface area contributed by atoms with E-state index in [1.165, 1.54) is 6.20 Å². The van der Waals surface area contributed by atoms with Gasteiger partial charge in [0.25, 0.3) is 0 Å². The van der Waals surface area contributed by atoms with Gasteiger partial charge in [0.15, 0.2) is 11.9 Å². The second-order valence-electron chi connectivity index (χ2n) is 3.53. The molecule has 0 atom stereocenters. The van der Waals surface area contributed by atoms with Gasteiger partial charge in [-0.3, -0.25) is 4.79 Å². The molecule has 1 aromatic heterocycles. The van der Waals surface area contributed by atoms with Crippen LogP contribution in [0.3, 0.4) is 0 Å². The number of nitrogens with zero attached hydrogens (tertiary/aromatic N) is 1. The predicted octanol–water partition coefficient (Wildman–Crippen LogP) is 1.60. The van der Waals surface area contributed by atoms with E-state index >= 15 is 0 Å². The third kappa shape index (κ3) is 4.29. The summed E-state index contributed by atoms with van der Waals surface area (Å²) in [4.78, 5) is 11.0. The summed E-state index contributed by atoms with van der Waals surface area (Å²) >= 11 is 0. The van der Waals surface area contributed by atoms with Crippen molar-refractivity contribution in [2.45, 2.75) is 32.6 Å². The van der Waals surface area contributed by atoms with Crippen molar-refractivity contribution >= 4 is 5.97 Å². The average molecular weight is 223 g/mol. The lowest BCUT2D eigenvalue weighted by Gasteiger charge is -2.03. The summed E-state index contributed by atoms with van der Waals surface area (Å²) in [6.45, 7) is 2.22. The first-order valence-electron chi connectivity index (χ1n) is 5.56. The minimum absolute atomic E-state index is 0.162. The molecule has 0 aliphatic heterocycles. The van der Waals surface area contributed by atoms with E-state index in [4.69, 9.17) is 4.74 Å². The zero-order valence-electron chi connectivity index (χ0n) is 9.52. The molecule has 0 aliphatic rings. The molecule has 0 amide bonds. The van der Waals surface area contributed by atoms with Crippen LogP contribution in [0, 0.1) is 5.21 Å². The highest BCUT2D eigenvalue weighted by Gasteiger charge is 2.05. The minimum atomic E-state index is -0.162. The van der Waals surface area contributed by atoms with Crippen LogP contribution < -0.4 is 4.73 Å². The summed E-state index contributed by atoms with van der Waals surface area (Å²) in [6.07, 6.45) is 4.20. The van der Waals surface area contributed by atoms with Crippen molar-refractivity contribution in [2.75, 3.05) is 6.61 Å².